The number of para-hydroxylation sites is 1. The zero-order valence-electron chi connectivity index (χ0n) is 10.5. The fourth-order valence-corrected chi connectivity index (χ4v) is 1.70. The van der Waals surface area contributed by atoms with Crippen LogP contribution in [0.2, 0.25) is 0 Å². The Morgan fingerprint density at radius 2 is 1.84 bits per heavy atom. The molecule has 98 valence electrons. The normalized spacial score (nSPS) is 9.95. The third-order valence-corrected chi connectivity index (χ3v) is 2.58. The molecule has 0 heterocycles. The zero-order chi connectivity index (χ0) is 13.7. The van der Waals surface area contributed by atoms with Crippen LogP contribution >= 0.6 is 0 Å². The number of hydrogen-bond donors (Lipinski definition) is 1. The van der Waals surface area contributed by atoms with Gasteiger partial charge in [0.05, 0.1) is 13.5 Å². The highest BCUT2D eigenvalue weighted by atomic mass is 16.5. The van der Waals surface area contributed by atoms with E-state index in [1.54, 1.807) is 43.5 Å². The molecule has 0 bridgehead atoms. The van der Waals surface area contributed by atoms with E-state index in [0.717, 1.165) is 0 Å². The molecular weight excluding hydrogens is 244 g/mol. The second-order valence-corrected chi connectivity index (χ2v) is 3.96. The monoisotopic (exact) mass is 258 g/mol. The maximum atomic E-state index is 10.8. The lowest BCUT2D eigenvalue weighted by Gasteiger charge is -2.10. The summed E-state index contributed by atoms with van der Waals surface area (Å²) in [6, 6.07) is 14.3. The molecule has 1 N–H and O–H groups in total. The number of carbonyl (C=O) groups is 1. The molecule has 19 heavy (non-hydrogen) atoms. The van der Waals surface area contributed by atoms with Crippen molar-refractivity contribution in [3.63, 3.8) is 0 Å². The number of benzene rings is 2. The summed E-state index contributed by atoms with van der Waals surface area (Å²) in [5, 5.41) is 8.86. The van der Waals surface area contributed by atoms with E-state index in [4.69, 9.17) is 14.6 Å². The fraction of sp³-hybridized carbons (Fsp3) is 0.133. The number of carboxylic acid groups (broad SMARTS) is 1. The molecule has 4 nitrogen and oxygen atoms in total. The van der Waals surface area contributed by atoms with Gasteiger partial charge in [-0.2, -0.15) is 0 Å². The van der Waals surface area contributed by atoms with Crippen LogP contribution in [-0.4, -0.2) is 18.2 Å². The van der Waals surface area contributed by atoms with Crippen molar-refractivity contribution in [1.29, 1.82) is 0 Å². The van der Waals surface area contributed by atoms with Gasteiger partial charge in [0.15, 0.2) is 0 Å². The summed E-state index contributed by atoms with van der Waals surface area (Å²) in [6.07, 6.45) is -0.0693. The van der Waals surface area contributed by atoms with E-state index in [1.165, 1.54) is 0 Å². The Kier molecular flexibility index (Phi) is 4.03. The highest BCUT2D eigenvalue weighted by Gasteiger charge is 2.08. The lowest BCUT2D eigenvalue weighted by Crippen LogP contribution is -2.01. The van der Waals surface area contributed by atoms with E-state index >= 15 is 0 Å². The zero-order valence-corrected chi connectivity index (χ0v) is 10.5. The highest BCUT2D eigenvalue weighted by molar-refractivity contribution is 5.71. The minimum Gasteiger partial charge on any atom is -0.497 e. The molecule has 0 aliphatic carbocycles. The molecule has 0 fully saturated rings. The molecular formula is C15H14O4. The molecule has 0 saturated heterocycles. The summed E-state index contributed by atoms with van der Waals surface area (Å²) in [4.78, 5) is 10.8. The summed E-state index contributed by atoms with van der Waals surface area (Å²) < 4.78 is 10.8. The van der Waals surface area contributed by atoms with E-state index in [-0.39, 0.29) is 6.42 Å². The summed E-state index contributed by atoms with van der Waals surface area (Å²) in [5.74, 6) is 0.949. The van der Waals surface area contributed by atoms with Crippen molar-refractivity contribution >= 4 is 5.97 Å². The van der Waals surface area contributed by atoms with Crippen LogP contribution in [0, 0.1) is 0 Å². The average molecular weight is 258 g/mol. The molecule has 0 aromatic heterocycles. The van der Waals surface area contributed by atoms with Gasteiger partial charge in [-0.05, 0) is 18.2 Å². The Morgan fingerprint density at radius 1 is 1.11 bits per heavy atom. The van der Waals surface area contributed by atoms with Crippen molar-refractivity contribution in [1.82, 2.24) is 0 Å². The number of ether oxygens (including phenoxy) is 2. The first-order valence-corrected chi connectivity index (χ1v) is 5.80. The maximum Gasteiger partial charge on any atom is 0.307 e. The third kappa shape index (κ3) is 3.48. The standard InChI is InChI=1S/C15H14O4/c1-18-12-6-4-7-13(10-12)19-14-8-3-2-5-11(14)9-15(16)17/h2-8,10H,9H2,1H3,(H,16,17). The molecule has 2 aromatic rings. The van der Waals surface area contributed by atoms with Crippen LogP contribution in [-0.2, 0) is 11.2 Å². The molecule has 0 unspecified atom stereocenters. The van der Waals surface area contributed by atoms with E-state index in [0.29, 0.717) is 22.8 Å². The molecule has 2 rings (SSSR count). The SMILES string of the molecule is COc1cccc(Oc2ccccc2CC(=O)O)c1. The first kappa shape index (κ1) is 13.0. The number of carboxylic acids is 1. The van der Waals surface area contributed by atoms with Crippen LogP contribution in [0.1, 0.15) is 5.56 Å². The van der Waals surface area contributed by atoms with Crippen LogP contribution in [0.25, 0.3) is 0 Å². The molecule has 0 atom stereocenters. The largest absolute Gasteiger partial charge is 0.497 e. The lowest BCUT2D eigenvalue weighted by molar-refractivity contribution is -0.136. The van der Waals surface area contributed by atoms with Gasteiger partial charge in [0.25, 0.3) is 0 Å². The Hall–Kier alpha value is -2.49. The maximum absolute atomic E-state index is 10.8. The lowest BCUT2D eigenvalue weighted by atomic mass is 10.1. The van der Waals surface area contributed by atoms with E-state index in [2.05, 4.69) is 0 Å². The number of rotatable bonds is 5. The van der Waals surface area contributed by atoms with Gasteiger partial charge in [0.2, 0.25) is 0 Å². The summed E-state index contributed by atoms with van der Waals surface area (Å²) in [6.45, 7) is 0. The highest BCUT2D eigenvalue weighted by Crippen LogP contribution is 2.28. The molecule has 0 saturated carbocycles. The second-order valence-electron chi connectivity index (χ2n) is 3.96. The quantitative estimate of drug-likeness (QED) is 0.895. The van der Waals surface area contributed by atoms with Gasteiger partial charge < -0.3 is 14.6 Å². The summed E-state index contributed by atoms with van der Waals surface area (Å²) >= 11 is 0. The van der Waals surface area contributed by atoms with Crippen molar-refractivity contribution in [2.45, 2.75) is 6.42 Å². The topological polar surface area (TPSA) is 55.8 Å². The van der Waals surface area contributed by atoms with E-state index in [1.807, 2.05) is 12.1 Å². The first-order chi connectivity index (χ1) is 9.19. The van der Waals surface area contributed by atoms with Crippen molar-refractivity contribution in [2.24, 2.45) is 0 Å². The van der Waals surface area contributed by atoms with Crippen molar-refractivity contribution in [3.05, 3.63) is 54.1 Å². The Labute approximate surface area is 111 Å². The third-order valence-electron chi connectivity index (χ3n) is 2.58. The molecule has 0 spiro atoms. The predicted molar refractivity (Wildman–Crippen MR) is 70.8 cm³/mol. The van der Waals surface area contributed by atoms with Crippen LogP contribution in [0.4, 0.5) is 0 Å². The molecule has 0 radical (unpaired) electrons. The Bertz CT molecular complexity index is 578. The summed E-state index contributed by atoms with van der Waals surface area (Å²) in [7, 11) is 1.58. The average Bonchev–Trinajstić information content (AvgIpc) is 2.41. The van der Waals surface area contributed by atoms with Crippen molar-refractivity contribution in [2.75, 3.05) is 7.11 Å². The molecule has 2 aromatic carbocycles. The van der Waals surface area contributed by atoms with Crippen LogP contribution in [0.3, 0.4) is 0 Å². The first-order valence-electron chi connectivity index (χ1n) is 5.80. The van der Waals surface area contributed by atoms with Crippen LogP contribution < -0.4 is 9.47 Å². The Balaban J connectivity index is 2.24. The molecule has 0 aliphatic heterocycles. The van der Waals surface area contributed by atoms with Crippen LogP contribution in [0.15, 0.2) is 48.5 Å². The smallest absolute Gasteiger partial charge is 0.307 e. The fourth-order valence-electron chi connectivity index (χ4n) is 1.70. The summed E-state index contributed by atoms with van der Waals surface area (Å²) in [5.41, 5.74) is 0.637. The van der Waals surface area contributed by atoms with Crippen LogP contribution in [0.5, 0.6) is 17.2 Å². The minimum atomic E-state index is -0.887. The van der Waals surface area contributed by atoms with Gasteiger partial charge in [0.1, 0.15) is 17.2 Å². The van der Waals surface area contributed by atoms with Gasteiger partial charge in [-0.15, -0.1) is 0 Å². The molecule has 0 amide bonds. The number of aliphatic carboxylic acids is 1. The predicted octanol–water partition coefficient (Wildman–Crippen LogP) is 3.11. The number of methoxy groups -OCH3 is 1. The van der Waals surface area contributed by atoms with Gasteiger partial charge in [-0.1, -0.05) is 24.3 Å². The van der Waals surface area contributed by atoms with E-state index < -0.39 is 5.97 Å². The van der Waals surface area contributed by atoms with Crippen molar-refractivity contribution < 1.29 is 19.4 Å². The van der Waals surface area contributed by atoms with Crippen molar-refractivity contribution in [3.8, 4) is 17.2 Å². The van der Waals surface area contributed by atoms with Gasteiger partial charge in [0, 0.05) is 11.6 Å². The Morgan fingerprint density at radius 3 is 2.58 bits per heavy atom. The van der Waals surface area contributed by atoms with E-state index in [9.17, 15) is 4.79 Å². The van der Waals surface area contributed by atoms with Gasteiger partial charge in [-0.25, -0.2) is 0 Å². The number of hydrogen-bond acceptors (Lipinski definition) is 3. The second kappa shape index (κ2) is 5.91. The molecule has 4 heteroatoms. The minimum absolute atomic E-state index is 0.0693. The molecule has 0 aliphatic rings. The van der Waals surface area contributed by atoms with Gasteiger partial charge >= 0.3 is 5.97 Å². The van der Waals surface area contributed by atoms with Gasteiger partial charge in [-0.3, -0.25) is 4.79 Å².